The quantitative estimate of drug-likeness (QED) is 0.714. The van der Waals surface area contributed by atoms with E-state index in [0.29, 0.717) is 5.88 Å². The molecule has 0 saturated heterocycles. The lowest BCUT2D eigenvalue weighted by molar-refractivity contribution is 0.636. The Labute approximate surface area is 75.2 Å². The molecule has 1 heterocycles. The molecular formula is C9H7NOS. The normalized spacial score (nSPS) is 10.0. The van der Waals surface area contributed by atoms with Gasteiger partial charge in [-0.05, 0) is 6.07 Å². The lowest BCUT2D eigenvalue weighted by Crippen LogP contribution is -1.87. The molecule has 0 aliphatic heterocycles. The zero-order chi connectivity index (χ0) is 8.39. The minimum absolute atomic E-state index is 0.686. The van der Waals surface area contributed by atoms with Crippen LogP contribution in [0.25, 0.3) is 11.0 Å². The van der Waals surface area contributed by atoms with Crippen LogP contribution in [-0.2, 0) is 0 Å². The highest BCUT2D eigenvalue weighted by Crippen LogP contribution is 2.21. The molecule has 0 spiro atoms. The van der Waals surface area contributed by atoms with Crippen LogP contribution in [-0.4, -0.2) is 5.49 Å². The molecule has 2 nitrogen and oxygen atoms in total. The van der Waals surface area contributed by atoms with E-state index >= 15 is 0 Å². The van der Waals surface area contributed by atoms with Gasteiger partial charge in [0.05, 0.1) is 5.49 Å². The van der Waals surface area contributed by atoms with Gasteiger partial charge in [0, 0.05) is 11.5 Å². The van der Waals surface area contributed by atoms with Crippen molar-refractivity contribution in [1.82, 2.24) is 0 Å². The Hall–Kier alpha value is -1.35. The molecule has 1 N–H and O–H groups in total. The summed E-state index contributed by atoms with van der Waals surface area (Å²) in [6, 6.07) is 9.74. The third-order valence-corrected chi connectivity index (χ3v) is 1.74. The number of hydrogen-bond donors (Lipinski definition) is 1. The first-order valence-corrected chi connectivity index (χ1v) is 4.06. The van der Waals surface area contributed by atoms with Crippen LogP contribution in [0.2, 0.25) is 0 Å². The van der Waals surface area contributed by atoms with Crippen LogP contribution in [0.5, 0.6) is 0 Å². The van der Waals surface area contributed by atoms with Crippen LogP contribution in [0.1, 0.15) is 0 Å². The summed E-state index contributed by atoms with van der Waals surface area (Å²) in [6.45, 7) is 0. The number of furan rings is 1. The molecule has 60 valence electrons. The van der Waals surface area contributed by atoms with Crippen LogP contribution >= 0.6 is 12.2 Å². The SMILES string of the molecule is S=CNc1cc2ccccc2o1. The highest BCUT2D eigenvalue weighted by molar-refractivity contribution is 7.79. The predicted octanol–water partition coefficient (Wildman–Crippen LogP) is 2.80. The number of rotatable bonds is 2. The molecular weight excluding hydrogens is 170 g/mol. The van der Waals surface area contributed by atoms with Crippen molar-refractivity contribution in [2.75, 3.05) is 5.32 Å². The van der Waals surface area contributed by atoms with Gasteiger partial charge >= 0.3 is 0 Å². The first kappa shape index (κ1) is 7.31. The summed E-state index contributed by atoms with van der Waals surface area (Å²) in [5.74, 6) is 0.686. The van der Waals surface area contributed by atoms with E-state index in [4.69, 9.17) is 4.42 Å². The van der Waals surface area contributed by atoms with E-state index in [1.807, 2.05) is 30.3 Å². The third-order valence-electron chi connectivity index (χ3n) is 1.63. The average molecular weight is 177 g/mol. The molecule has 12 heavy (non-hydrogen) atoms. The van der Waals surface area contributed by atoms with Gasteiger partial charge in [0.25, 0.3) is 0 Å². The molecule has 0 radical (unpaired) electrons. The van der Waals surface area contributed by atoms with Gasteiger partial charge in [-0.1, -0.05) is 30.4 Å². The number of para-hydroxylation sites is 1. The lowest BCUT2D eigenvalue weighted by Gasteiger charge is -1.88. The minimum atomic E-state index is 0.686. The van der Waals surface area contributed by atoms with Crippen molar-refractivity contribution in [3.8, 4) is 0 Å². The summed E-state index contributed by atoms with van der Waals surface area (Å²) >= 11 is 4.64. The Bertz CT molecular complexity index is 375. The van der Waals surface area contributed by atoms with E-state index in [0.717, 1.165) is 11.0 Å². The molecule has 0 saturated carbocycles. The molecule has 2 aromatic rings. The maximum Gasteiger partial charge on any atom is 0.198 e. The fraction of sp³-hybridized carbons (Fsp3) is 0. The summed E-state index contributed by atoms with van der Waals surface area (Å²) in [6.07, 6.45) is 0. The second-order valence-corrected chi connectivity index (χ2v) is 2.65. The van der Waals surface area contributed by atoms with E-state index in [-0.39, 0.29) is 0 Å². The Kier molecular flexibility index (Phi) is 1.80. The van der Waals surface area contributed by atoms with Crippen molar-refractivity contribution < 1.29 is 4.42 Å². The van der Waals surface area contributed by atoms with E-state index in [2.05, 4.69) is 17.5 Å². The van der Waals surface area contributed by atoms with E-state index < -0.39 is 0 Å². The van der Waals surface area contributed by atoms with Crippen LogP contribution in [0.3, 0.4) is 0 Å². The molecule has 0 atom stereocenters. The molecule has 2 rings (SSSR count). The smallest absolute Gasteiger partial charge is 0.198 e. The number of thiocarbonyl (C=S) groups is 1. The molecule has 0 bridgehead atoms. The highest BCUT2D eigenvalue weighted by Gasteiger charge is 1.99. The lowest BCUT2D eigenvalue weighted by atomic mass is 10.3. The predicted molar refractivity (Wildman–Crippen MR) is 53.5 cm³/mol. The molecule has 0 unspecified atom stereocenters. The second-order valence-electron chi connectivity index (χ2n) is 2.41. The van der Waals surface area contributed by atoms with Gasteiger partial charge in [-0.3, -0.25) is 0 Å². The number of nitrogens with one attached hydrogen (secondary N) is 1. The Balaban J connectivity index is 2.54. The van der Waals surface area contributed by atoms with Crippen LogP contribution in [0, 0.1) is 0 Å². The molecule has 1 aromatic carbocycles. The maximum absolute atomic E-state index is 5.40. The fourth-order valence-electron chi connectivity index (χ4n) is 1.11. The van der Waals surface area contributed by atoms with Gasteiger partial charge in [0.2, 0.25) is 0 Å². The number of benzene rings is 1. The summed E-state index contributed by atoms with van der Waals surface area (Å²) in [7, 11) is 0. The summed E-state index contributed by atoms with van der Waals surface area (Å²) in [5.41, 5.74) is 2.30. The first-order chi connectivity index (χ1) is 5.90. The summed E-state index contributed by atoms with van der Waals surface area (Å²) in [5, 5.41) is 3.90. The number of anilines is 1. The van der Waals surface area contributed by atoms with Gasteiger partial charge in [0.1, 0.15) is 5.58 Å². The summed E-state index contributed by atoms with van der Waals surface area (Å²) in [4.78, 5) is 0. The molecule has 0 aliphatic rings. The maximum atomic E-state index is 5.40. The van der Waals surface area contributed by atoms with Crippen molar-refractivity contribution in [1.29, 1.82) is 0 Å². The molecule has 0 fully saturated rings. The Morgan fingerprint density at radius 3 is 2.92 bits per heavy atom. The standard InChI is InChI=1S/C9H7NOS/c12-6-10-9-5-7-3-1-2-4-8(7)11-9/h1-6H,(H,10,12). The summed E-state index contributed by atoms with van der Waals surface area (Å²) < 4.78 is 5.40. The zero-order valence-electron chi connectivity index (χ0n) is 6.28. The first-order valence-electron chi connectivity index (χ1n) is 3.59. The molecule has 0 amide bonds. The molecule has 3 heteroatoms. The van der Waals surface area contributed by atoms with Crippen molar-refractivity contribution in [3.05, 3.63) is 30.3 Å². The van der Waals surface area contributed by atoms with Crippen LogP contribution in [0.4, 0.5) is 5.88 Å². The number of fused-ring (bicyclic) bond motifs is 1. The fourth-order valence-corrected chi connectivity index (χ4v) is 1.23. The van der Waals surface area contributed by atoms with Crippen LogP contribution < -0.4 is 5.32 Å². The van der Waals surface area contributed by atoms with Crippen LogP contribution in [0.15, 0.2) is 34.7 Å². The topological polar surface area (TPSA) is 25.2 Å². The Morgan fingerprint density at radius 2 is 2.17 bits per heavy atom. The van der Waals surface area contributed by atoms with Gasteiger partial charge in [-0.15, -0.1) is 0 Å². The third kappa shape index (κ3) is 1.19. The zero-order valence-corrected chi connectivity index (χ0v) is 7.10. The largest absolute Gasteiger partial charge is 0.440 e. The second kappa shape index (κ2) is 2.95. The number of hydrogen-bond acceptors (Lipinski definition) is 2. The van der Waals surface area contributed by atoms with Crippen molar-refractivity contribution in [2.24, 2.45) is 0 Å². The van der Waals surface area contributed by atoms with E-state index in [1.165, 1.54) is 5.49 Å². The van der Waals surface area contributed by atoms with Crippen molar-refractivity contribution >= 4 is 34.6 Å². The molecule has 0 aliphatic carbocycles. The monoisotopic (exact) mass is 177 g/mol. The minimum Gasteiger partial charge on any atom is -0.440 e. The van der Waals surface area contributed by atoms with Gasteiger partial charge in [-0.2, -0.15) is 0 Å². The van der Waals surface area contributed by atoms with Crippen molar-refractivity contribution in [3.63, 3.8) is 0 Å². The molecule has 1 aromatic heterocycles. The van der Waals surface area contributed by atoms with Gasteiger partial charge in [-0.25, -0.2) is 0 Å². The highest BCUT2D eigenvalue weighted by atomic mass is 32.1. The van der Waals surface area contributed by atoms with Gasteiger partial charge < -0.3 is 9.73 Å². The van der Waals surface area contributed by atoms with E-state index in [9.17, 15) is 0 Å². The van der Waals surface area contributed by atoms with Crippen molar-refractivity contribution in [2.45, 2.75) is 0 Å². The average Bonchev–Trinajstić information content (AvgIpc) is 2.47. The van der Waals surface area contributed by atoms with E-state index in [1.54, 1.807) is 0 Å². The Morgan fingerprint density at radius 1 is 1.33 bits per heavy atom. The van der Waals surface area contributed by atoms with Gasteiger partial charge in [0.15, 0.2) is 5.88 Å².